The van der Waals surface area contributed by atoms with E-state index in [1.54, 1.807) is 6.07 Å². The van der Waals surface area contributed by atoms with Gasteiger partial charge in [-0.3, -0.25) is 5.32 Å². The lowest BCUT2D eigenvalue weighted by Crippen LogP contribution is -2.20. The van der Waals surface area contributed by atoms with Gasteiger partial charge in [0.1, 0.15) is 17.3 Å². The number of nitrogens with one attached hydrogen (secondary N) is 2. The van der Waals surface area contributed by atoms with Crippen LogP contribution in [-0.2, 0) is 0 Å². The number of anilines is 2. The summed E-state index contributed by atoms with van der Waals surface area (Å²) in [5.74, 6) is -1.72. The van der Waals surface area contributed by atoms with Gasteiger partial charge in [-0.05, 0) is 30.7 Å². The van der Waals surface area contributed by atoms with Crippen molar-refractivity contribution < 1.29 is 13.6 Å². The fraction of sp³-hybridized carbons (Fsp3) is 0.0667. The van der Waals surface area contributed by atoms with E-state index < -0.39 is 23.4 Å². The molecular formula is C15H10ClF2N3OS. The third-order valence-electron chi connectivity index (χ3n) is 3.12. The van der Waals surface area contributed by atoms with Gasteiger partial charge in [0.25, 0.3) is 0 Å². The molecule has 3 aromatic rings. The molecule has 0 aliphatic carbocycles. The number of carbonyl (C=O) groups excluding carboxylic acids is 1. The minimum atomic E-state index is -0.858. The maximum Gasteiger partial charge on any atom is 0.325 e. The van der Waals surface area contributed by atoms with Crippen LogP contribution in [0.5, 0.6) is 0 Å². The number of hydrogen-bond acceptors (Lipinski definition) is 3. The van der Waals surface area contributed by atoms with Crippen molar-refractivity contribution in [3.8, 4) is 0 Å². The first-order chi connectivity index (χ1) is 11.0. The summed E-state index contributed by atoms with van der Waals surface area (Å²) in [4.78, 5) is 16.2. The van der Waals surface area contributed by atoms with E-state index in [1.807, 2.05) is 13.0 Å². The van der Waals surface area contributed by atoms with Crippen molar-refractivity contribution in [1.82, 2.24) is 4.98 Å². The predicted octanol–water partition coefficient (Wildman–Crippen LogP) is 5.18. The lowest BCUT2D eigenvalue weighted by molar-refractivity contribution is 0.262. The van der Waals surface area contributed by atoms with Crippen LogP contribution >= 0.6 is 22.9 Å². The Balaban J connectivity index is 1.83. The smallest absolute Gasteiger partial charge is 0.302 e. The molecule has 118 valence electrons. The lowest BCUT2D eigenvalue weighted by Gasteiger charge is -2.07. The first kappa shape index (κ1) is 15.6. The minimum Gasteiger partial charge on any atom is -0.302 e. The maximum atomic E-state index is 13.5. The molecule has 0 saturated carbocycles. The van der Waals surface area contributed by atoms with Crippen LogP contribution in [0.25, 0.3) is 10.2 Å². The van der Waals surface area contributed by atoms with Gasteiger partial charge in [0.2, 0.25) is 0 Å². The van der Waals surface area contributed by atoms with Gasteiger partial charge in [-0.15, -0.1) is 0 Å². The zero-order valence-electron chi connectivity index (χ0n) is 11.8. The van der Waals surface area contributed by atoms with Gasteiger partial charge < -0.3 is 5.32 Å². The first-order valence-electron chi connectivity index (χ1n) is 6.53. The van der Waals surface area contributed by atoms with Crippen LogP contribution in [0, 0.1) is 18.6 Å². The SMILES string of the molecule is Cc1ccc(Cl)c2sc(NC(=O)Nc3c(F)cccc3F)nc12. The Bertz CT molecular complexity index is 854. The molecule has 0 radical (unpaired) electrons. The molecule has 23 heavy (non-hydrogen) atoms. The topological polar surface area (TPSA) is 54.0 Å². The Morgan fingerprint density at radius 2 is 1.87 bits per heavy atom. The predicted molar refractivity (Wildman–Crippen MR) is 88.4 cm³/mol. The normalized spacial score (nSPS) is 10.8. The number of benzene rings is 2. The summed E-state index contributed by atoms with van der Waals surface area (Å²) in [5, 5.41) is 5.40. The molecule has 2 aromatic carbocycles. The molecule has 0 aliphatic heterocycles. The molecule has 0 bridgehead atoms. The second-order valence-electron chi connectivity index (χ2n) is 4.74. The van der Waals surface area contributed by atoms with Crippen LogP contribution in [-0.4, -0.2) is 11.0 Å². The van der Waals surface area contributed by atoms with Crippen molar-refractivity contribution in [2.24, 2.45) is 0 Å². The van der Waals surface area contributed by atoms with Crippen LogP contribution in [0.3, 0.4) is 0 Å². The number of para-hydroxylation sites is 1. The summed E-state index contributed by atoms with van der Waals surface area (Å²) in [7, 11) is 0. The van der Waals surface area contributed by atoms with E-state index in [9.17, 15) is 13.6 Å². The van der Waals surface area contributed by atoms with Crippen molar-refractivity contribution in [2.45, 2.75) is 6.92 Å². The highest BCUT2D eigenvalue weighted by Crippen LogP contribution is 2.33. The highest BCUT2D eigenvalue weighted by molar-refractivity contribution is 7.23. The molecule has 1 aromatic heterocycles. The van der Waals surface area contributed by atoms with Crippen molar-refractivity contribution in [1.29, 1.82) is 0 Å². The molecule has 0 unspecified atom stereocenters. The maximum absolute atomic E-state index is 13.5. The summed E-state index contributed by atoms with van der Waals surface area (Å²) < 4.78 is 27.8. The van der Waals surface area contributed by atoms with Gasteiger partial charge in [-0.2, -0.15) is 0 Å². The quantitative estimate of drug-likeness (QED) is 0.667. The molecule has 0 atom stereocenters. The number of amides is 2. The largest absolute Gasteiger partial charge is 0.325 e. The first-order valence-corrected chi connectivity index (χ1v) is 7.73. The molecule has 4 nitrogen and oxygen atoms in total. The highest BCUT2D eigenvalue weighted by atomic mass is 35.5. The van der Waals surface area contributed by atoms with E-state index in [2.05, 4.69) is 15.6 Å². The number of carbonyl (C=O) groups is 1. The van der Waals surface area contributed by atoms with E-state index in [1.165, 1.54) is 17.4 Å². The Morgan fingerprint density at radius 3 is 2.52 bits per heavy atom. The third kappa shape index (κ3) is 3.11. The Kier molecular flexibility index (Phi) is 4.14. The number of rotatable bonds is 2. The van der Waals surface area contributed by atoms with E-state index in [4.69, 9.17) is 11.6 Å². The lowest BCUT2D eigenvalue weighted by atomic mass is 10.2. The summed E-state index contributed by atoms with van der Waals surface area (Å²) >= 11 is 7.28. The monoisotopic (exact) mass is 353 g/mol. The molecule has 8 heteroatoms. The number of fused-ring (bicyclic) bond motifs is 1. The van der Waals surface area contributed by atoms with E-state index in [-0.39, 0.29) is 5.13 Å². The molecule has 0 fully saturated rings. The summed E-state index contributed by atoms with van der Waals surface area (Å²) in [5.41, 5.74) is 1.07. The fourth-order valence-electron chi connectivity index (χ4n) is 2.01. The molecular weight excluding hydrogens is 344 g/mol. The average molecular weight is 354 g/mol. The van der Waals surface area contributed by atoms with Crippen LogP contribution in [0.15, 0.2) is 30.3 Å². The Hall–Kier alpha value is -2.25. The number of aryl methyl sites for hydroxylation is 1. The Labute approximate surface area is 139 Å². The van der Waals surface area contributed by atoms with Gasteiger partial charge in [0.05, 0.1) is 15.2 Å². The van der Waals surface area contributed by atoms with E-state index >= 15 is 0 Å². The zero-order valence-corrected chi connectivity index (χ0v) is 13.4. The second-order valence-corrected chi connectivity index (χ2v) is 6.14. The van der Waals surface area contributed by atoms with Gasteiger partial charge in [0.15, 0.2) is 5.13 Å². The number of hydrogen-bond donors (Lipinski definition) is 2. The zero-order chi connectivity index (χ0) is 16.6. The van der Waals surface area contributed by atoms with Gasteiger partial charge >= 0.3 is 6.03 Å². The molecule has 2 amide bonds. The molecule has 0 saturated heterocycles. The molecule has 1 heterocycles. The summed E-state index contributed by atoms with van der Waals surface area (Å²) in [6, 6.07) is 6.10. The van der Waals surface area contributed by atoms with Crippen LogP contribution in [0.2, 0.25) is 5.02 Å². The molecule has 2 N–H and O–H groups in total. The number of halogens is 3. The second kappa shape index (κ2) is 6.10. The molecule has 0 spiro atoms. The van der Waals surface area contributed by atoms with Gasteiger partial charge in [-0.25, -0.2) is 18.6 Å². The van der Waals surface area contributed by atoms with Gasteiger partial charge in [-0.1, -0.05) is 35.1 Å². The number of thiazole rings is 1. The average Bonchev–Trinajstić information content (AvgIpc) is 2.92. The van der Waals surface area contributed by atoms with Crippen molar-refractivity contribution in [3.63, 3.8) is 0 Å². The summed E-state index contributed by atoms with van der Waals surface area (Å²) in [6.45, 7) is 1.87. The summed E-state index contributed by atoms with van der Waals surface area (Å²) in [6.07, 6.45) is 0. The number of urea groups is 1. The van der Waals surface area contributed by atoms with Gasteiger partial charge in [0, 0.05) is 0 Å². The van der Waals surface area contributed by atoms with Crippen LogP contribution in [0.4, 0.5) is 24.4 Å². The van der Waals surface area contributed by atoms with Crippen molar-refractivity contribution >= 4 is 50.0 Å². The number of nitrogens with zero attached hydrogens (tertiary/aromatic N) is 1. The number of aromatic nitrogens is 1. The van der Waals surface area contributed by atoms with Crippen molar-refractivity contribution in [3.05, 3.63) is 52.6 Å². The third-order valence-corrected chi connectivity index (χ3v) is 4.55. The highest BCUT2D eigenvalue weighted by Gasteiger charge is 2.15. The van der Waals surface area contributed by atoms with Crippen molar-refractivity contribution in [2.75, 3.05) is 10.6 Å². The van der Waals surface area contributed by atoms with E-state index in [0.29, 0.717) is 10.5 Å². The van der Waals surface area contributed by atoms with Crippen LogP contribution < -0.4 is 10.6 Å². The standard InChI is InChI=1S/C15H10ClF2N3OS/c1-7-5-6-8(16)13-11(7)20-15(23-13)21-14(22)19-12-9(17)3-2-4-10(12)18/h2-6H,1H3,(H2,19,20,21,22). The Morgan fingerprint density at radius 1 is 1.17 bits per heavy atom. The van der Waals surface area contributed by atoms with E-state index in [0.717, 1.165) is 22.4 Å². The molecule has 3 rings (SSSR count). The fourth-order valence-corrected chi connectivity index (χ4v) is 3.23. The van der Waals surface area contributed by atoms with Crippen LogP contribution in [0.1, 0.15) is 5.56 Å². The molecule has 0 aliphatic rings. The minimum absolute atomic E-state index is 0.283.